The van der Waals surface area contributed by atoms with E-state index < -0.39 is 22.2 Å². The van der Waals surface area contributed by atoms with Gasteiger partial charge in [0.1, 0.15) is 6.54 Å². The first-order valence-corrected chi connectivity index (χ1v) is 8.76. The Kier molecular flexibility index (Phi) is 5.00. The van der Waals surface area contributed by atoms with Crippen molar-refractivity contribution in [3.8, 4) is 5.75 Å². The lowest BCUT2D eigenvalue weighted by molar-refractivity contribution is -0.389. The van der Waals surface area contributed by atoms with Crippen LogP contribution in [0.25, 0.3) is 0 Å². The zero-order valence-corrected chi connectivity index (χ0v) is 15.8. The van der Waals surface area contributed by atoms with Crippen LogP contribution in [0.1, 0.15) is 20.8 Å². The van der Waals surface area contributed by atoms with Gasteiger partial charge in [0.2, 0.25) is 5.91 Å². The Labute approximate surface area is 161 Å². The van der Waals surface area contributed by atoms with Crippen LogP contribution in [-0.4, -0.2) is 40.4 Å². The third-order valence-electron chi connectivity index (χ3n) is 4.37. The van der Waals surface area contributed by atoms with Gasteiger partial charge >= 0.3 is 5.82 Å². The molecule has 0 N–H and O–H groups in total. The molecule has 0 unspecified atom stereocenters. The summed E-state index contributed by atoms with van der Waals surface area (Å²) in [6.07, 6.45) is 0. The smallest absolute Gasteiger partial charge is 0.366 e. The van der Waals surface area contributed by atoms with E-state index in [2.05, 4.69) is 4.98 Å². The molecular formula is C19H20N4O5. The molecule has 0 spiro atoms. The lowest BCUT2D eigenvalue weighted by atomic mass is 10.1. The van der Waals surface area contributed by atoms with E-state index in [1.165, 1.54) is 17.0 Å². The van der Waals surface area contributed by atoms with Crippen LogP contribution in [0.4, 0.5) is 17.3 Å². The van der Waals surface area contributed by atoms with Crippen molar-refractivity contribution in [2.45, 2.75) is 26.4 Å². The van der Waals surface area contributed by atoms with Gasteiger partial charge < -0.3 is 19.8 Å². The Morgan fingerprint density at radius 1 is 1.25 bits per heavy atom. The maximum absolute atomic E-state index is 13.0. The van der Waals surface area contributed by atoms with Crippen molar-refractivity contribution >= 4 is 29.1 Å². The van der Waals surface area contributed by atoms with Crippen molar-refractivity contribution in [1.82, 2.24) is 4.98 Å². The molecule has 3 rings (SSSR count). The molecule has 2 heterocycles. The van der Waals surface area contributed by atoms with Gasteiger partial charge in [-0.2, -0.15) is 0 Å². The van der Waals surface area contributed by atoms with Crippen LogP contribution in [-0.2, 0) is 9.59 Å². The third-order valence-corrected chi connectivity index (χ3v) is 4.37. The monoisotopic (exact) mass is 384 g/mol. The van der Waals surface area contributed by atoms with Crippen LogP contribution in [0.15, 0.2) is 42.5 Å². The number of nitro groups is 1. The first-order chi connectivity index (χ1) is 13.2. The molecule has 0 radical (unpaired) electrons. The van der Waals surface area contributed by atoms with Gasteiger partial charge in [0.15, 0.2) is 11.4 Å². The number of rotatable bonds is 5. The number of ether oxygens (including phenoxy) is 1. The maximum atomic E-state index is 13.0. The zero-order valence-electron chi connectivity index (χ0n) is 15.8. The van der Waals surface area contributed by atoms with Crippen LogP contribution in [0.5, 0.6) is 5.75 Å². The molecule has 28 heavy (non-hydrogen) atoms. The number of anilines is 2. The number of para-hydroxylation sites is 1. The lowest BCUT2D eigenvalue weighted by Crippen LogP contribution is -2.55. The number of nitrogens with zero attached hydrogens (tertiary/aromatic N) is 4. The zero-order chi connectivity index (χ0) is 20.5. The van der Waals surface area contributed by atoms with Gasteiger partial charge in [0.25, 0.3) is 11.7 Å². The number of carbonyl (C=O) groups is 2. The lowest BCUT2D eigenvalue weighted by Gasteiger charge is -2.36. The van der Waals surface area contributed by atoms with E-state index in [9.17, 15) is 19.7 Å². The van der Waals surface area contributed by atoms with Gasteiger partial charge in [-0.15, -0.1) is 0 Å². The second-order valence-corrected chi connectivity index (χ2v) is 6.73. The fourth-order valence-corrected chi connectivity index (χ4v) is 3.02. The first kappa shape index (κ1) is 19.3. The van der Waals surface area contributed by atoms with E-state index in [1.807, 2.05) is 25.1 Å². The van der Waals surface area contributed by atoms with Crippen molar-refractivity contribution in [3.63, 3.8) is 0 Å². The van der Waals surface area contributed by atoms with Crippen LogP contribution < -0.4 is 14.5 Å². The molecule has 0 fully saturated rings. The number of pyridine rings is 1. The van der Waals surface area contributed by atoms with E-state index in [0.717, 1.165) is 4.90 Å². The van der Waals surface area contributed by atoms with Gasteiger partial charge in [0, 0.05) is 18.3 Å². The Bertz CT molecular complexity index is 929. The average molecular weight is 384 g/mol. The predicted molar refractivity (Wildman–Crippen MR) is 102 cm³/mol. The molecule has 9 heteroatoms. The van der Waals surface area contributed by atoms with Crippen LogP contribution in [0, 0.1) is 10.1 Å². The first-order valence-electron chi connectivity index (χ1n) is 8.76. The standard InChI is InChI=1S/C19H20N4O5/c1-4-21(13-8-6-5-7-9-13)16(24)12-22-17-14(28-19(2,3)18(22)25)10-11-15(20-17)23(26)27/h5-11H,4,12H2,1-3H3. The van der Waals surface area contributed by atoms with E-state index in [-0.39, 0.29) is 24.0 Å². The maximum Gasteiger partial charge on any atom is 0.366 e. The SMILES string of the molecule is CCN(C(=O)CN1C(=O)C(C)(C)Oc2ccc([N+](=O)[O-])nc21)c1ccccc1. The molecule has 0 saturated carbocycles. The fourth-order valence-electron chi connectivity index (χ4n) is 3.02. The number of hydrogen-bond donors (Lipinski definition) is 0. The quantitative estimate of drug-likeness (QED) is 0.579. The van der Waals surface area contributed by atoms with Gasteiger partial charge in [0.05, 0.1) is 0 Å². The van der Waals surface area contributed by atoms with Crippen molar-refractivity contribution in [1.29, 1.82) is 0 Å². The number of likely N-dealkylation sites (N-methyl/N-ethyl adjacent to an activating group) is 1. The second kappa shape index (κ2) is 7.26. The molecule has 0 bridgehead atoms. The summed E-state index contributed by atoms with van der Waals surface area (Å²) < 4.78 is 5.65. The van der Waals surface area contributed by atoms with Crippen molar-refractivity contribution in [3.05, 3.63) is 52.6 Å². The van der Waals surface area contributed by atoms with Crippen LogP contribution >= 0.6 is 0 Å². The van der Waals surface area contributed by atoms with Gasteiger partial charge in [-0.3, -0.25) is 14.5 Å². The molecule has 1 aromatic heterocycles. The minimum Gasteiger partial charge on any atom is -0.472 e. The predicted octanol–water partition coefficient (Wildman–Crippen LogP) is 2.55. The number of amides is 2. The minimum absolute atomic E-state index is 0.0315. The van der Waals surface area contributed by atoms with Crippen molar-refractivity contribution < 1.29 is 19.2 Å². The van der Waals surface area contributed by atoms with Crippen molar-refractivity contribution in [2.24, 2.45) is 0 Å². The minimum atomic E-state index is -1.23. The molecule has 0 saturated heterocycles. The Morgan fingerprint density at radius 3 is 2.54 bits per heavy atom. The largest absolute Gasteiger partial charge is 0.472 e. The highest BCUT2D eigenvalue weighted by Crippen LogP contribution is 2.37. The summed E-state index contributed by atoms with van der Waals surface area (Å²) in [6.45, 7) is 5.07. The average Bonchev–Trinajstić information content (AvgIpc) is 2.66. The normalized spacial score (nSPS) is 14.8. The topological polar surface area (TPSA) is 106 Å². The molecule has 2 aromatic rings. The third kappa shape index (κ3) is 3.51. The van der Waals surface area contributed by atoms with Crippen molar-refractivity contribution in [2.75, 3.05) is 22.9 Å². The van der Waals surface area contributed by atoms with E-state index in [1.54, 1.807) is 26.0 Å². The number of aromatic nitrogens is 1. The molecule has 1 aliphatic rings. The van der Waals surface area contributed by atoms with E-state index in [0.29, 0.717) is 12.2 Å². The Balaban J connectivity index is 1.98. The molecule has 2 amide bonds. The fraction of sp³-hybridized carbons (Fsp3) is 0.316. The van der Waals surface area contributed by atoms with E-state index >= 15 is 0 Å². The summed E-state index contributed by atoms with van der Waals surface area (Å²) in [5.41, 5.74) is -0.531. The summed E-state index contributed by atoms with van der Waals surface area (Å²) in [7, 11) is 0. The number of hydrogen-bond acceptors (Lipinski definition) is 6. The highest BCUT2D eigenvalue weighted by Gasteiger charge is 2.45. The van der Waals surface area contributed by atoms with E-state index in [4.69, 9.17) is 4.74 Å². The Hall–Kier alpha value is -3.49. The molecule has 9 nitrogen and oxygen atoms in total. The molecular weight excluding hydrogens is 364 g/mol. The summed E-state index contributed by atoms with van der Waals surface area (Å²) in [6, 6.07) is 11.7. The molecule has 0 atom stereocenters. The van der Waals surface area contributed by atoms with Gasteiger partial charge in [-0.25, -0.2) is 0 Å². The summed E-state index contributed by atoms with van der Waals surface area (Å²) >= 11 is 0. The molecule has 146 valence electrons. The summed E-state index contributed by atoms with van der Waals surface area (Å²) in [5.74, 6) is -1.08. The second-order valence-electron chi connectivity index (χ2n) is 6.73. The van der Waals surface area contributed by atoms with Crippen LogP contribution in [0.2, 0.25) is 0 Å². The summed E-state index contributed by atoms with van der Waals surface area (Å²) in [4.78, 5) is 42.9. The molecule has 1 aliphatic heterocycles. The van der Waals surface area contributed by atoms with Gasteiger partial charge in [-0.05, 0) is 48.9 Å². The van der Waals surface area contributed by atoms with Gasteiger partial charge in [-0.1, -0.05) is 18.2 Å². The number of benzene rings is 1. The van der Waals surface area contributed by atoms with Crippen LogP contribution in [0.3, 0.4) is 0 Å². The Morgan fingerprint density at radius 2 is 1.93 bits per heavy atom. The number of fused-ring (bicyclic) bond motifs is 1. The molecule has 0 aliphatic carbocycles. The highest BCUT2D eigenvalue weighted by atomic mass is 16.6. The number of carbonyl (C=O) groups excluding carboxylic acids is 2. The molecule has 1 aromatic carbocycles. The summed E-state index contributed by atoms with van der Waals surface area (Å²) in [5, 5.41) is 11.1. The highest BCUT2D eigenvalue weighted by molar-refractivity contribution is 6.07.